The molecule has 1 atom stereocenters. The monoisotopic (exact) mass is 298 g/mol. The fourth-order valence-electron chi connectivity index (χ4n) is 1.83. The summed E-state index contributed by atoms with van der Waals surface area (Å²) in [4.78, 5) is 27.6. The summed E-state index contributed by atoms with van der Waals surface area (Å²) >= 11 is 1.61. The van der Waals surface area contributed by atoms with Crippen molar-refractivity contribution < 1.29 is 14.7 Å². The Hall–Kier alpha value is -1.56. The van der Waals surface area contributed by atoms with Crippen molar-refractivity contribution in [1.29, 1.82) is 0 Å². The highest BCUT2D eigenvalue weighted by Gasteiger charge is 2.24. The second-order valence-electron chi connectivity index (χ2n) is 5.20. The van der Waals surface area contributed by atoms with Crippen LogP contribution in [0.4, 0.5) is 4.79 Å². The first-order chi connectivity index (χ1) is 9.32. The standard InChI is InChI=1S/C14H22N2O3S/c1-10(2)16(9-12-6-5-7-20-12)14(19)15(4)8-11(3)13(17)18/h5-7,10-11H,8-9H2,1-4H3,(H,17,18). The van der Waals surface area contributed by atoms with E-state index in [0.717, 1.165) is 4.88 Å². The van der Waals surface area contributed by atoms with Gasteiger partial charge in [0.05, 0.1) is 12.5 Å². The molecule has 0 radical (unpaired) electrons. The van der Waals surface area contributed by atoms with Gasteiger partial charge in [-0.05, 0) is 25.3 Å². The Labute approximate surface area is 123 Å². The number of hydrogen-bond donors (Lipinski definition) is 1. The van der Waals surface area contributed by atoms with E-state index >= 15 is 0 Å². The average Bonchev–Trinajstić information content (AvgIpc) is 2.87. The van der Waals surface area contributed by atoms with Crippen molar-refractivity contribution in [1.82, 2.24) is 9.80 Å². The van der Waals surface area contributed by atoms with Gasteiger partial charge in [0.2, 0.25) is 0 Å². The zero-order valence-corrected chi connectivity index (χ0v) is 13.2. The quantitative estimate of drug-likeness (QED) is 0.878. The highest BCUT2D eigenvalue weighted by molar-refractivity contribution is 7.09. The number of aliphatic carboxylic acids is 1. The van der Waals surface area contributed by atoms with Crippen LogP contribution in [0.5, 0.6) is 0 Å². The maximum Gasteiger partial charge on any atom is 0.320 e. The Bertz CT molecular complexity index is 445. The fourth-order valence-corrected chi connectivity index (χ4v) is 2.53. The predicted molar refractivity (Wildman–Crippen MR) is 79.8 cm³/mol. The number of amides is 2. The lowest BCUT2D eigenvalue weighted by Gasteiger charge is -2.31. The van der Waals surface area contributed by atoms with E-state index in [1.165, 1.54) is 4.90 Å². The van der Waals surface area contributed by atoms with Crippen LogP contribution in [0, 0.1) is 5.92 Å². The molecule has 1 unspecified atom stereocenters. The number of thiophene rings is 1. The Balaban J connectivity index is 2.71. The molecule has 1 aromatic rings. The van der Waals surface area contributed by atoms with Crippen molar-refractivity contribution in [2.45, 2.75) is 33.4 Å². The third-order valence-corrected chi connectivity index (χ3v) is 3.93. The van der Waals surface area contributed by atoms with E-state index in [9.17, 15) is 9.59 Å². The van der Waals surface area contributed by atoms with Crippen LogP contribution >= 0.6 is 11.3 Å². The number of rotatable bonds is 6. The second-order valence-corrected chi connectivity index (χ2v) is 6.24. The molecule has 112 valence electrons. The first-order valence-corrected chi connectivity index (χ1v) is 7.47. The van der Waals surface area contributed by atoms with Crippen molar-refractivity contribution in [2.24, 2.45) is 5.92 Å². The largest absolute Gasteiger partial charge is 0.481 e. The topological polar surface area (TPSA) is 60.9 Å². The lowest BCUT2D eigenvalue weighted by molar-refractivity contribution is -0.141. The summed E-state index contributed by atoms with van der Waals surface area (Å²) in [6, 6.07) is 3.88. The Kier molecular flexibility index (Phi) is 6.01. The second kappa shape index (κ2) is 7.28. The molecule has 5 nitrogen and oxygen atoms in total. The Morgan fingerprint density at radius 3 is 2.45 bits per heavy atom. The van der Waals surface area contributed by atoms with E-state index in [4.69, 9.17) is 5.11 Å². The molecule has 0 spiro atoms. The van der Waals surface area contributed by atoms with Crippen LogP contribution in [0.2, 0.25) is 0 Å². The number of nitrogens with zero attached hydrogens (tertiary/aromatic N) is 2. The number of hydrogen-bond acceptors (Lipinski definition) is 3. The molecule has 0 saturated heterocycles. The van der Waals surface area contributed by atoms with E-state index in [0.29, 0.717) is 6.54 Å². The number of carboxylic acids is 1. The predicted octanol–water partition coefficient (Wildman–Crippen LogP) is 2.73. The van der Waals surface area contributed by atoms with Crippen LogP contribution in [-0.4, -0.2) is 46.5 Å². The summed E-state index contributed by atoms with van der Waals surface area (Å²) in [7, 11) is 1.64. The van der Waals surface area contributed by atoms with Crippen molar-refractivity contribution in [3.8, 4) is 0 Å². The summed E-state index contributed by atoms with van der Waals surface area (Å²) in [5.74, 6) is -1.46. The van der Waals surface area contributed by atoms with Gasteiger partial charge in [-0.15, -0.1) is 11.3 Å². The summed E-state index contributed by atoms with van der Waals surface area (Å²) in [6.45, 7) is 6.28. The van der Waals surface area contributed by atoms with Crippen molar-refractivity contribution in [2.75, 3.05) is 13.6 Å². The van der Waals surface area contributed by atoms with Gasteiger partial charge in [0.1, 0.15) is 0 Å². The van der Waals surface area contributed by atoms with Crippen molar-refractivity contribution >= 4 is 23.3 Å². The molecular weight excluding hydrogens is 276 g/mol. The van der Waals surface area contributed by atoms with Crippen LogP contribution in [0.25, 0.3) is 0 Å². The molecule has 0 saturated carbocycles. The zero-order chi connectivity index (χ0) is 15.3. The van der Waals surface area contributed by atoms with Gasteiger partial charge in [-0.2, -0.15) is 0 Å². The zero-order valence-electron chi connectivity index (χ0n) is 12.4. The van der Waals surface area contributed by atoms with Gasteiger partial charge >= 0.3 is 12.0 Å². The van der Waals surface area contributed by atoms with Gasteiger partial charge in [0.15, 0.2) is 0 Å². The molecule has 0 bridgehead atoms. The van der Waals surface area contributed by atoms with E-state index in [-0.39, 0.29) is 18.6 Å². The minimum absolute atomic E-state index is 0.0622. The van der Waals surface area contributed by atoms with E-state index in [1.807, 2.05) is 31.4 Å². The third kappa shape index (κ3) is 4.52. The molecule has 1 rings (SSSR count). The summed E-state index contributed by atoms with van der Waals surface area (Å²) in [6.07, 6.45) is 0. The summed E-state index contributed by atoms with van der Waals surface area (Å²) in [5, 5.41) is 10.9. The van der Waals surface area contributed by atoms with Crippen LogP contribution in [-0.2, 0) is 11.3 Å². The number of carbonyl (C=O) groups excluding carboxylic acids is 1. The maximum absolute atomic E-state index is 12.4. The minimum Gasteiger partial charge on any atom is -0.481 e. The number of carboxylic acid groups (broad SMARTS) is 1. The minimum atomic E-state index is -0.890. The van der Waals surface area contributed by atoms with Crippen LogP contribution < -0.4 is 0 Å². The highest BCUT2D eigenvalue weighted by atomic mass is 32.1. The summed E-state index contributed by atoms with van der Waals surface area (Å²) < 4.78 is 0. The van der Waals surface area contributed by atoms with Gasteiger partial charge in [-0.25, -0.2) is 4.79 Å². The number of urea groups is 1. The fraction of sp³-hybridized carbons (Fsp3) is 0.571. The lowest BCUT2D eigenvalue weighted by Crippen LogP contribution is -2.46. The number of carbonyl (C=O) groups is 2. The van der Waals surface area contributed by atoms with Gasteiger partial charge in [-0.3, -0.25) is 4.79 Å². The van der Waals surface area contributed by atoms with E-state index in [1.54, 1.807) is 30.2 Å². The van der Waals surface area contributed by atoms with Crippen molar-refractivity contribution in [3.05, 3.63) is 22.4 Å². The Morgan fingerprint density at radius 1 is 1.35 bits per heavy atom. The van der Waals surface area contributed by atoms with Gasteiger partial charge in [-0.1, -0.05) is 13.0 Å². The smallest absolute Gasteiger partial charge is 0.320 e. The molecule has 0 aliphatic rings. The third-order valence-electron chi connectivity index (χ3n) is 3.07. The lowest BCUT2D eigenvalue weighted by atomic mass is 10.2. The molecule has 1 heterocycles. The maximum atomic E-state index is 12.4. The molecule has 0 aliphatic heterocycles. The normalized spacial score (nSPS) is 12.2. The van der Waals surface area contributed by atoms with Gasteiger partial charge in [0, 0.05) is 24.5 Å². The van der Waals surface area contributed by atoms with Crippen LogP contribution in [0.1, 0.15) is 25.6 Å². The van der Waals surface area contributed by atoms with Gasteiger partial charge in [0.25, 0.3) is 0 Å². The molecular formula is C14H22N2O3S. The Morgan fingerprint density at radius 2 is 2.00 bits per heavy atom. The first-order valence-electron chi connectivity index (χ1n) is 6.59. The first kappa shape index (κ1) is 16.5. The molecule has 0 aromatic carbocycles. The van der Waals surface area contributed by atoms with Crippen molar-refractivity contribution in [3.63, 3.8) is 0 Å². The molecule has 6 heteroatoms. The molecule has 1 aromatic heterocycles. The molecule has 0 aliphatic carbocycles. The highest BCUT2D eigenvalue weighted by Crippen LogP contribution is 2.15. The average molecular weight is 298 g/mol. The van der Waals surface area contributed by atoms with Gasteiger partial charge < -0.3 is 14.9 Å². The molecule has 20 heavy (non-hydrogen) atoms. The SMILES string of the molecule is CC(CN(C)C(=O)N(Cc1cccs1)C(C)C)C(=O)O. The molecule has 0 fully saturated rings. The molecule has 2 amide bonds. The van der Waals surface area contributed by atoms with E-state index in [2.05, 4.69) is 0 Å². The van der Waals surface area contributed by atoms with Crippen LogP contribution in [0.3, 0.4) is 0 Å². The van der Waals surface area contributed by atoms with Crippen LogP contribution in [0.15, 0.2) is 17.5 Å². The summed E-state index contributed by atoms with van der Waals surface area (Å²) in [5.41, 5.74) is 0. The molecule has 1 N–H and O–H groups in total. The van der Waals surface area contributed by atoms with E-state index < -0.39 is 11.9 Å².